The SMILES string of the molecule is c1ccc(-c2ccccc2N(c2ccc(-c3ccc4ccc5ccccc5c4c3)cc2)c2ccc3c(c2)C2(c4ccccc4O3)c3ccccc3-c3ccccc32)cc1. The topological polar surface area (TPSA) is 12.5 Å². The van der Waals surface area contributed by atoms with Crippen LogP contribution in [0.5, 0.6) is 11.5 Å². The molecule has 1 spiro atoms. The number of hydrogen-bond acceptors (Lipinski definition) is 2. The van der Waals surface area contributed by atoms with Gasteiger partial charge >= 0.3 is 0 Å². The van der Waals surface area contributed by atoms with Crippen LogP contribution in [0.25, 0.3) is 54.9 Å². The highest BCUT2D eigenvalue weighted by Crippen LogP contribution is 2.62. The molecule has 10 aromatic rings. The van der Waals surface area contributed by atoms with Crippen molar-refractivity contribution in [3.8, 4) is 44.9 Å². The third kappa shape index (κ3) is 5.06. The van der Waals surface area contributed by atoms with E-state index in [0.717, 1.165) is 45.3 Å². The van der Waals surface area contributed by atoms with E-state index >= 15 is 0 Å². The van der Waals surface area contributed by atoms with Crippen molar-refractivity contribution in [2.24, 2.45) is 0 Å². The smallest absolute Gasteiger partial charge is 0.132 e. The first-order valence-electron chi connectivity index (χ1n) is 20.3. The fraction of sp³-hybridized carbons (Fsp3) is 0.0175. The summed E-state index contributed by atoms with van der Waals surface area (Å²) in [4.78, 5) is 2.42. The molecule has 1 aliphatic carbocycles. The van der Waals surface area contributed by atoms with Gasteiger partial charge in [0.25, 0.3) is 0 Å². The van der Waals surface area contributed by atoms with E-state index in [1.54, 1.807) is 0 Å². The van der Waals surface area contributed by atoms with E-state index in [-0.39, 0.29) is 0 Å². The summed E-state index contributed by atoms with van der Waals surface area (Å²) >= 11 is 0. The predicted molar refractivity (Wildman–Crippen MR) is 244 cm³/mol. The Labute approximate surface area is 343 Å². The van der Waals surface area contributed by atoms with E-state index in [4.69, 9.17) is 4.74 Å². The highest BCUT2D eigenvalue weighted by molar-refractivity contribution is 6.08. The molecule has 0 bridgehead atoms. The lowest BCUT2D eigenvalue weighted by molar-refractivity contribution is 0.436. The molecule has 0 amide bonds. The molecule has 2 nitrogen and oxygen atoms in total. The van der Waals surface area contributed by atoms with Crippen LogP contribution in [0.4, 0.5) is 17.1 Å². The average molecular weight is 752 g/mol. The number of hydrogen-bond donors (Lipinski definition) is 0. The Bertz CT molecular complexity index is 3210. The molecule has 0 saturated carbocycles. The maximum atomic E-state index is 6.84. The molecule has 12 rings (SSSR count). The molecule has 276 valence electrons. The van der Waals surface area contributed by atoms with Crippen molar-refractivity contribution in [1.82, 2.24) is 0 Å². The van der Waals surface area contributed by atoms with E-state index < -0.39 is 5.41 Å². The van der Waals surface area contributed by atoms with E-state index in [0.29, 0.717) is 0 Å². The quantitative estimate of drug-likeness (QED) is 0.162. The zero-order valence-electron chi connectivity index (χ0n) is 32.2. The second-order valence-electron chi connectivity index (χ2n) is 15.6. The maximum Gasteiger partial charge on any atom is 0.132 e. The number of rotatable bonds is 5. The van der Waals surface area contributed by atoms with Gasteiger partial charge in [-0.1, -0.05) is 176 Å². The minimum absolute atomic E-state index is 0.567. The van der Waals surface area contributed by atoms with Crippen molar-refractivity contribution in [3.05, 3.63) is 247 Å². The van der Waals surface area contributed by atoms with Crippen molar-refractivity contribution < 1.29 is 4.74 Å². The lowest BCUT2D eigenvalue weighted by Gasteiger charge is -2.40. The molecular formula is C57H37NO. The number of anilines is 3. The van der Waals surface area contributed by atoms with Gasteiger partial charge in [0.2, 0.25) is 0 Å². The van der Waals surface area contributed by atoms with Gasteiger partial charge in [0.05, 0.1) is 11.1 Å². The Morgan fingerprint density at radius 3 is 1.66 bits per heavy atom. The second-order valence-corrected chi connectivity index (χ2v) is 15.6. The van der Waals surface area contributed by atoms with Crippen LogP contribution >= 0.6 is 0 Å². The number of ether oxygens (including phenoxy) is 1. The van der Waals surface area contributed by atoms with Crippen LogP contribution in [0.2, 0.25) is 0 Å². The van der Waals surface area contributed by atoms with Crippen molar-refractivity contribution in [2.75, 3.05) is 4.90 Å². The summed E-state index contributed by atoms with van der Waals surface area (Å²) in [6.45, 7) is 0. The summed E-state index contributed by atoms with van der Waals surface area (Å²) in [7, 11) is 0. The second kappa shape index (κ2) is 13.2. The average Bonchev–Trinajstić information content (AvgIpc) is 3.60. The molecule has 0 aromatic heterocycles. The Hall–Kier alpha value is -7.68. The Balaban J connectivity index is 1.07. The summed E-state index contributed by atoms with van der Waals surface area (Å²) in [5.74, 6) is 1.76. The standard InChI is InChI=1S/C57H37NO/c1-2-14-39(15-3-1)46-18-8-12-24-54(46)58(43-32-30-38(31-33-43)42-29-28-41-27-26-40-16-4-5-17-45(40)49(41)36-42)44-34-35-56-53(37-44)57(52-23-11-13-25-55(52)59-56)50-21-9-6-19-47(50)48-20-7-10-22-51(48)57/h1-37H. The Morgan fingerprint density at radius 2 is 0.881 bits per heavy atom. The molecule has 59 heavy (non-hydrogen) atoms. The number of nitrogens with zero attached hydrogens (tertiary/aromatic N) is 1. The zero-order chi connectivity index (χ0) is 38.9. The first-order valence-corrected chi connectivity index (χ1v) is 20.3. The van der Waals surface area contributed by atoms with E-state index in [2.05, 4.69) is 229 Å². The van der Waals surface area contributed by atoms with Crippen LogP contribution in [-0.2, 0) is 5.41 Å². The Kier molecular flexibility index (Phi) is 7.48. The number of benzene rings is 10. The molecule has 2 aliphatic rings. The van der Waals surface area contributed by atoms with Crippen LogP contribution in [0.3, 0.4) is 0 Å². The highest BCUT2D eigenvalue weighted by atomic mass is 16.5. The molecule has 1 aliphatic heterocycles. The number of para-hydroxylation sites is 2. The Morgan fingerprint density at radius 1 is 0.322 bits per heavy atom. The molecule has 0 unspecified atom stereocenters. The summed E-state index contributed by atoms with van der Waals surface area (Å²) in [6.07, 6.45) is 0. The van der Waals surface area contributed by atoms with E-state index in [9.17, 15) is 0 Å². The molecule has 10 aromatic carbocycles. The third-order valence-electron chi connectivity index (χ3n) is 12.5. The van der Waals surface area contributed by atoms with Crippen molar-refractivity contribution in [2.45, 2.75) is 5.41 Å². The van der Waals surface area contributed by atoms with Crippen molar-refractivity contribution in [1.29, 1.82) is 0 Å². The van der Waals surface area contributed by atoms with Gasteiger partial charge in [0.1, 0.15) is 11.5 Å². The monoisotopic (exact) mass is 751 g/mol. The molecular weight excluding hydrogens is 715 g/mol. The number of fused-ring (bicyclic) bond motifs is 12. The van der Waals surface area contributed by atoms with Gasteiger partial charge in [-0.3, -0.25) is 0 Å². The zero-order valence-corrected chi connectivity index (χ0v) is 32.2. The summed E-state index contributed by atoms with van der Waals surface area (Å²) < 4.78 is 6.84. The molecule has 0 saturated heterocycles. The lowest BCUT2D eigenvalue weighted by atomic mass is 9.66. The highest BCUT2D eigenvalue weighted by Gasteiger charge is 2.51. The van der Waals surface area contributed by atoms with Crippen molar-refractivity contribution in [3.63, 3.8) is 0 Å². The van der Waals surface area contributed by atoms with Crippen molar-refractivity contribution >= 4 is 38.6 Å². The fourth-order valence-corrected chi connectivity index (χ4v) is 9.93. The lowest BCUT2D eigenvalue weighted by Crippen LogP contribution is -2.32. The predicted octanol–water partition coefficient (Wildman–Crippen LogP) is 15.3. The van der Waals surface area contributed by atoms with Gasteiger partial charge in [0.15, 0.2) is 0 Å². The van der Waals surface area contributed by atoms with Gasteiger partial charge in [-0.2, -0.15) is 0 Å². The fourth-order valence-electron chi connectivity index (χ4n) is 9.93. The normalized spacial score (nSPS) is 13.0. The molecule has 0 radical (unpaired) electrons. The first-order chi connectivity index (χ1) is 29.3. The summed E-state index contributed by atoms with van der Waals surface area (Å²) in [6, 6.07) is 81.6. The molecule has 2 heteroatoms. The third-order valence-corrected chi connectivity index (χ3v) is 12.5. The largest absolute Gasteiger partial charge is 0.457 e. The molecule has 0 fully saturated rings. The van der Waals surface area contributed by atoms with Crippen LogP contribution < -0.4 is 9.64 Å². The first kappa shape index (κ1) is 33.5. The van der Waals surface area contributed by atoms with Gasteiger partial charge in [-0.05, 0) is 109 Å². The summed E-state index contributed by atoms with van der Waals surface area (Å²) in [5, 5.41) is 5.05. The van der Waals surface area contributed by atoms with Gasteiger partial charge in [0, 0.05) is 28.1 Å². The van der Waals surface area contributed by atoms with E-state index in [1.165, 1.54) is 60.5 Å². The molecule has 0 atom stereocenters. The molecule has 1 heterocycles. The van der Waals surface area contributed by atoms with Crippen LogP contribution in [0, 0.1) is 0 Å². The van der Waals surface area contributed by atoms with Gasteiger partial charge < -0.3 is 9.64 Å². The van der Waals surface area contributed by atoms with Crippen LogP contribution in [-0.4, -0.2) is 0 Å². The molecule has 0 N–H and O–H groups in total. The van der Waals surface area contributed by atoms with Crippen LogP contribution in [0.1, 0.15) is 22.3 Å². The van der Waals surface area contributed by atoms with Crippen LogP contribution in [0.15, 0.2) is 224 Å². The van der Waals surface area contributed by atoms with Gasteiger partial charge in [-0.25, -0.2) is 0 Å². The minimum atomic E-state index is -0.567. The van der Waals surface area contributed by atoms with Gasteiger partial charge in [-0.15, -0.1) is 0 Å². The maximum absolute atomic E-state index is 6.84. The van der Waals surface area contributed by atoms with E-state index in [1.807, 2.05) is 0 Å². The summed E-state index contributed by atoms with van der Waals surface area (Å²) in [5.41, 5.74) is 14.7. The minimum Gasteiger partial charge on any atom is -0.457 e.